The molecule has 36 heavy (non-hydrogen) atoms. The maximum absolute atomic E-state index is 10.7. The number of benzene rings is 2. The molecule has 0 radical (unpaired) electrons. The molecule has 1 aliphatic rings. The van der Waals surface area contributed by atoms with Crippen LogP contribution in [0.15, 0.2) is 61.2 Å². The number of methoxy groups -OCH3 is 2. The van der Waals surface area contributed by atoms with Crippen molar-refractivity contribution < 1.29 is 19.3 Å². The number of nitrogens with zero attached hydrogens (tertiary/aromatic N) is 3. The van der Waals surface area contributed by atoms with Gasteiger partial charge in [0.15, 0.2) is 11.5 Å². The summed E-state index contributed by atoms with van der Waals surface area (Å²) in [6, 6.07) is 15.9. The van der Waals surface area contributed by atoms with Gasteiger partial charge in [-0.15, -0.1) is 6.58 Å². The number of ether oxygens (including phenoxy) is 3. The second-order valence-electron chi connectivity index (χ2n) is 9.13. The van der Waals surface area contributed by atoms with E-state index in [0.29, 0.717) is 42.9 Å². The molecule has 1 aromatic heterocycles. The van der Waals surface area contributed by atoms with E-state index in [-0.39, 0.29) is 0 Å². The van der Waals surface area contributed by atoms with E-state index in [1.807, 2.05) is 59.3 Å². The Kier molecular flexibility index (Phi) is 8.67. The highest BCUT2D eigenvalue weighted by atomic mass is 16.5. The first kappa shape index (κ1) is 25.8. The third kappa shape index (κ3) is 6.09. The van der Waals surface area contributed by atoms with Crippen molar-refractivity contribution in [1.82, 2.24) is 14.7 Å². The van der Waals surface area contributed by atoms with E-state index in [4.69, 9.17) is 19.3 Å². The Balaban J connectivity index is 1.74. The molecule has 7 nitrogen and oxygen atoms in total. The maximum atomic E-state index is 10.7. The molecular weight excluding hydrogens is 454 g/mol. The molecule has 0 amide bonds. The minimum absolute atomic E-state index is 0.399. The van der Waals surface area contributed by atoms with Gasteiger partial charge in [-0.2, -0.15) is 5.10 Å². The summed E-state index contributed by atoms with van der Waals surface area (Å²) in [6.45, 7) is 7.16. The summed E-state index contributed by atoms with van der Waals surface area (Å²) in [5, 5.41) is 15.6. The maximum Gasteiger partial charge on any atom is 0.227 e. The van der Waals surface area contributed by atoms with Crippen LogP contribution in [0.3, 0.4) is 0 Å². The van der Waals surface area contributed by atoms with Crippen LogP contribution < -0.4 is 14.2 Å². The molecule has 192 valence electrons. The van der Waals surface area contributed by atoms with Gasteiger partial charge in [-0.3, -0.25) is 4.90 Å². The molecule has 1 atom stereocenters. The Labute approximate surface area is 213 Å². The first-order chi connectivity index (χ1) is 17.6. The van der Waals surface area contributed by atoms with Crippen LogP contribution in [-0.4, -0.2) is 52.7 Å². The zero-order valence-electron chi connectivity index (χ0n) is 21.5. The summed E-state index contributed by atoms with van der Waals surface area (Å²) in [6.07, 6.45) is 6.02. The topological polar surface area (TPSA) is 69.0 Å². The fraction of sp³-hybridized carbons (Fsp3) is 0.414. The van der Waals surface area contributed by atoms with Gasteiger partial charge in [0.2, 0.25) is 5.88 Å². The fourth-order valence-electron chi connectivity index (χ4n) is 4.39. The van der Waals surface area contributed by atoms with Gasteiger partial charge in [0.05, 0.1) is 37.3 Å². The summed E-state index contributed by atoms with van der Waals surface area (Å²) in [4.78, 5) is 2.37. The van der Waals surface area contributed by atoms with Gasteiger partial charge < -0.3 is 19.3 Å². The number of aliphatic hydroxyl groups is 1. The van der Waals surface area contributed by atoms with E-state index in [9.17, 15) is 5.11 Å². The van der Waals surface area contributed by atoms with Crippen LogP contribution >= 0.6 is 0 Å². The summed E-state index contributed by atoms with van der Waals surface area (Å²) >= 11 is 0. The van der Waals surface area contributed by atoms with Crippen LogP contribution in [0, 0.1) is 0 Å². The predicted molar refractivity (Wildman–Crippen MR) is 141 cm³/mol. The molecule has 0 bridgehead atoms. The van der Waals surface area contributed by atoms with E-state index in [1.54, 1.807) is 14.2 Å². The Bertz CT molecular complexity index is 1140. The summed E-state index contributed by atoms with van der Waals surface area (Å²) < 4.78 is 19.3. The molecule has 2 aromatic carbocycles. The van der Waals surface area contributed by atoms with Crippen molar-refractivity contribution in [3.8, 4) is 28.8 Å². The van der Waals surface area contributed by atoms with E-state index in [1.165, 1.54) is 0 Å². The van der Waals surface area contributed by atoms with Crippen molar-refractivity contribution in [2.45, 2.75) is 57.7 Å². The molecule has 1 saturated carbocycles. The highest BCUT2D eigenvalue weighted by molar-refractivity contribution is 5.48. The molecule has 1 fully saturated rings. The molecule has 1 aliphatic carbocycles. The smallest absolute Gasteiger partial charge is 0.227 e. The number of rotatable bonds is 14. The molecule has 0 spiro atoms. The number of para-hydroxylation sites is 2. The molecule has 0 aliphatic heterocycles. The molecule has 7 heteroatoms. The lowest BCUT2D eigenvalue weighted by Gasteiger charge is -2.25. The van der Waals surface area contributed by atoms with Gasteiger partial charge in [-0.05, 0) is 68.5 Å². The SMILES string of the molecule is C=CCCC(O)CN(Cc1c(CC)nn(-c2ccc(OC)cc2)c1Oc1ccccc1OC)C1CC1. The van der Waals surface area contributed by atoms with Gasteiger partial charge in [-0.1, -0.05) is 25.1 Å². The normalized spacial score (nSPS) is 14.0. The molecule has 1 heterocycles. The van der Waals surface area contributed by atoms with E-state index >= 15 is 0 Å². The van der Waals surface area contributed by atoms with E-state index in [0.717, 1.165) is 48.4 Å². The molecule has 4 rings (SSSR count). The van der Waals surface area contributed by atoms with Crippen LogP contribution in [-0.2, 0) is 13.0 Å². The molecule has 1 unspecified atom stereocenters. The zero-order valence-corrected chi connectivity index (χ0v) is 21.5. The van der Waals surface area contributed by atoms with Gasteiger partial charge in [0.25, 0.3) is 0 Å². The monoisotopic (exact) mass is 491 g/mol. The highest BCUT2D eigenvalue weighted by Crippen LogP contribution is 2.38. The lowest BCUT2D eigenvalue weighted by Crippen LogP contribution is -2.34. The van der Waals surface area contributed by atoms with E-state index < -0.39 is 6.10 Å². The molecular formula is C29H37N3O4. The van der Waals surface area contributed by atoms with Crippen molar-refractivity contribution in [2.75, 3.05) is 20.8 Å². The number of hydrogen-bond donors (Lipinski definition) is 1. The first-order valence-electron chi connectivity index (χ1n) is 12.7. The van der Waals surface area contributed by atoms with Gasteiger partial charge in [0.1, 0.15) is 5.75 Å². The summed E-state index contributed by atoms with van der Waals surface area (Å²) in [5.41, 5.74) is 2.88. The largest absolute Gasteiger partial charge is 0.497 e. The number of hydrogen-bond acceptors (Lipinski definition) is 6. The molecule has 0 saturated heterocycles. The minimum Gasteiger partial charge on any atom is -0.497 e. The fourth-order valence-corrected chi connectivity index (χ4v) is 4.39. The van der Waals surface area contributed by atoms with Crippen LogP contribution in [0.4, 0.5) is 0 Å². The zero-order chi connectivity index (χ0) is 25.5. The Morgan fingerprint density at radius 3 is 2.44 bits per heavy atom. The van der Waals surface area contributed by atoms with Crippen molar-refractivity contribution in [1.29, 1.82) is 0 Å². The lowest BCUT2D eigenvalue weighted by atomic mass is 10.1. The Morgan fingerprint density at radius 2 is 1.83 bits per heavy atom. The second kappa shape index (κ2) is 12.1. The third-order valence-corrected chi connectivity index (χ3v) is 6.52. The Morgan fingerprint density at radius 1 is 1.11 bits per heavy atom. The number of aromatic nitrogens is 2. The van der Waals surface area contributed by atoms with Crippen LogP contribution in [0.25, 0.3) is 5.69 Å². The van der Waals surface area contributed by atoms with Crippen molar-refractivity contribution in [3.05, 3.63) is 72.4 Å². The molecule has 1 N–H and O–H groups in total. The standard InChI is InChI=1S/C29H37N3O4/c1-5-7-10-23(33)19-31(21-13-14-21)20-25-26(6-2)30-32(22-15-17-24(34-3)18-16-22)29(25)36-28-12-9-8-11-27(28)35-4/h5,8-9,11-12,15-18,21,23,33H,1,6-7,10,13-14,19-20H2,2-4H3. The minimum atomic E-state index is -0.399. The van der Waals surface area contributed by atoms with E-state index in [2.05, 4.69) is 18.4 Å². The predicted octanol–water partition coefficient (Wildman–Crippen LogP) is 5.54. The summed E-state index contributed by atoms with van der Waals surface area (Å²) in [5.74, 6) is 2.72. The first-order valence-corrected chi connectivity index (χ1v) is 12.7. The third-order valence-electron chi connectivity index (χ3n) is 6.52. The van der Waals surface area contributed by atoms with Gasteiger partial charge in [0, 0.05) is 19.1 Å². The van der Waals surface area contributed by atoms with Crippen LogP contribution in [0.1, 0.15) is 43.9 Å². The van der Waals surface area contributed by atoms with Gasteiger partial charge >= 0.3 is 0 Å². The van der Waals surface area contributed by atoms with Crippen molar-refractivity contribution in [2.24, 2.45) is 0 Å². The second-order valence-corrected chi connectivity index (χ2v) is 9.13. The molecule has 3 aromatic rings. The number of aliphatic hydroxyl groups excluding tert-OH is 1. The quantitative estimate of drug-likeness (QED) is 0.299. The van der Waals surface area contributed by atoms with Crippen LogP contribution in [0.2, 0.25) is 0 Å². The van der Waals surface area contributed by atoms with Crippen molar-refractivity contribution in [3.63, 3.8) is 0 Å². The number of allylic oxidation sites excluding steroid dienone is 1. The van der Waals surface area contributed by atoms with Crippen LogP contribution in [0.5, 0.6) is 23.1 Å². The van der Waals surface area contributed by atoms with Gasteiger partial charge in [-0.25, -0.2) is 4.68 Å². The highest BCUT2D eigenvalue weighted by Gasteiger charge is 2.33. The lowest BCUT2D eigenvalue weighted by molar-refractivity contribution is 0.0974. The van der Waals surface area contributed by atoms with Crippen molar-refractivity contribution >= 4 is 0 Å². The summed E-state index contributed by atoms with van der Waals surface area (Å²) in [7, 11) is 3.29. The number of aryl methyl sites for hydroxylation is 1. The average Bonchev–Trinajstić information content (AvgIpc) is 3.71. The Hall–Kier alpha value is -3.29. The average molecular weight is 492 g/mol.